The van der Waals surface area contributed by atoms with Crippen LogP contribution in [-0.2, 0) is 19.1 Å². The fourth-order valence-electron chi connectivity index (χ4n) is 9.33. The molecule has 5 rings (SSSR count). The smallest absolute Gasteiger partial charge is 0.335 e. The second kappa shape index (κ2) is 9.70. The molecule has 11 unspecified atom stereocenters. The van der Waals surface area contributed by atoms with Crippen LogP contribution < -0.4 is 0 Å². The van der Waals surface area contributed by atoms with E-state index in [0.29, 0.717) is 25.7 Å². The molecule has 0 aromatic carbocycles. The molecule has 3 fully saturated rings. The van der Waals surface area contributed by atoms with Gasteiger partial charge in [0.05, 0.1) is 31.2 Å². The summed E-state index contributed by atoms with van der Waals surface area (Å²) in [6.07, 6.45) is 3.79. The first-order valence-electron chi connectivity index (χ1n) is 14.8. The van der Waals surface area contributed by atoms with Crippen LogP contribution in [0, 0.1) is 34.0 Å². The molecule has 2 saturated carbocycles. The number of furan rings is 1. The lowest BCUT2D eigenvalue weighted by Crippen LogP contribution is -2.68. The first-order valence-corrected chi connectivity index (χ1v) is 14.8. The number of fused-ring (bicyclic) bond motifs is 5. The number of rotatable bonds is 5. The average Bonchev–Trinajstić information content (AvgIpc) is 3.53. The summed E-state index contributed by atoms with van der Waals surface area (Å²) in [5, 5.41) is 34.5. The number of carbonyl (C=O) groups excluding carboxylic acids is 2. The summed E-state index contributed by atoms with van der Waals surface area (Å²) in [5.74, 6) is -2.09. The van der Waals surface area contributed by atoms with Crippen molar-refractivity contribution in [3.63, 3.8) is 0 Å². The third-order valence-corrected chi connectivity index (χ3v) is 11.9. The molecule has 0 radical (unpaired) electrons. The second-order valence-electron chi connectivity index (χ2n) is 14.0. The summed E-state index contributed by atoms with van der Waals surface area (Å²) >= 11 is 0. The van der Waals surface area contributed by atoms with E-state index in [-0.39, 0.29) is 30.1 Å². The third kappa shape index (κ3) is 3.96. The Kier molecular flexibility index (Phi) is 7.12. The SMILES string of the molecule is CCC(C)C(O)C(=O)OC1CC2C(C)(C3=CCC(c4ccoc4)C31C)C(O)CC1C(C)(C)OC(=O)CC(O)C12C. The molecule has 0 spiro atoms. The summed E-state index contributed by atoms with van der Waals surface area (Å²) in [4.78, 5) is 26.1. The standard InChI is InChI=1S/C32H46O8/c1-8-17(2)27(36)28(37)39-25-14-22-31(6,20-10-9-19(30(20,25)5)18-11-12-38-16-18)23(33)13-21-29(3,4)40-26(35)15-24(34)32(21,22)7/h10-12,16-17,19,21-25,27,33-34,36H,8-9,13-15H2,1-7H3. The van der Waals surface area contributed by atoms with E-state index in [2.05, 4.69) is 19.9 Å². The Morgan fingerprint density at radius 1 is 1.10 bits per heavy atom. The highest BCUT2D eigenvalue weighted by atomic mass is 16.6. The number of hydrogen-bond acceptors (Lipinski definition) is 8. The molecule has 8 heteroatoms. The zero-order chi connectivity index (χ0) is 29.4. The van der Waals surface area contributed by atoms with Gasteiger partial charge in [-0.1, -0.05) is 52.7 Å². The van der Waals surface area contributed by atoms with Gasteiger partial charge in [0.1, 0.15) is 11.7 Å². The normalized spacial score (nSPS) is 43.8. The summed E-state index contributed by atoms with van der Waals surface area (Å²) in [6, 6.07) is 1.93. The van der Waals surface area contributed by atoms with Crippen molar-refractivity contribution in [1.82, 2.24) is 0 Å². The van der Waals surface area contributed by atoms with Crippen LogP contribution in [0.2, 0.25) is 0 Å². The number of hydrogen-bond donors (Lipinski definition) is 3. The molecule has 3 N–H and O–H groups in total. The molecule has 8 nitrogen and oxygen atoms in total. The van der Waals surface area contributed by atoms with Crippen molar-refractivity contribution in [2.24, 2.45) is 34.0 Å². The lowest BCUT2D eigenvalue weighted by molar-refractivity contribution is -0.230. The minimum Gasteiger partial charge on any atom is -0.472 e. The lowest BCUT2D eigenvalue weighted by atomic mass is 9.39. The first-order chi connectivity index (χ1) is 18.6. The summed E-state index contributed by atoms with van der Waals surface area (Å²) in [6.45, 7) is 13.6. The monoisotopic (exact) mass is 558 g/mol. The van der Waals surface area contributed by atoms with Crippen LogP contribution in [0.1, 0.15) is 92.1 Å². The van der Waals surface area contributed by atoms with Crippen LogP contribution in [-0.4, -0.2) is 57.3 Å². The predicted octanol–water partition coefficient (Wildman–Crippen LogP) is 4.52. The maximum atomic E-state index is 13.4. The maximum Gasteiger partial charge on any atom is 0.335 e. The Labute approximate surface area is 237 Å². The van der Waals surface area contributed by atoms with Gasteiger partial charge in [-0.05, 0) is 56.6 Å². The van der Waals surface area contributed by atoms with Gasteiger partial charge >= 0.3 is 11.9 Å². The average molecular weight is 559 g/mol. The van der Waals surface area contributed by atoms with Crippen molar-refractivity contribution in [2.75, 3.05) is 0 Å². The van der Waals surface area contributed by atoms with Crippen LogP contribution in [0.3, 0.4) is 0 Å². The summed E-state index contributed by atoms with van der Waals surface area (Å²) < 4.78 is 17.6. The number of aliphatic hydroxyl groups is 3. The number of ether oxygens (including phenoxy) is 2. The van der Waals surface area contributed by atoms with Gasteiger partial charge in [-0.2, -0.15) is 0 Å². The fraction of sp³-hybridized carbons (Fsp3) is 0.750. The van der Waals surface area contributed by atoms with Gasteiger partial charge in [-0.25, -0.2) is 4.79 Å². The third-order valence-electron chi connectivity index (χ3n) is 11.9. The molecular formula is C32H46O8. The molecular weight excluding hydrogens is 512 g/mol. The number of carbonyl (C=O) groups is 2. The largest absolute Gasteiger partial charge is 0.472 e. The molecule has 1 aromatic heterocycles. The van der Waals surface area contributed by atoms with Crippen LogP contribution in [0.25, 0.3) is 0 Å². The minimum atomic E-state index is -1.25. The highest BCUT2D eigenvalue weighted by Crippen LogP contribution is 2.72. The number of aliphatic hydroxyl groups excluding tert-OH is 3. The Balaban J connectivity index is 1.65. The molecule has 2 heterocycles. The number of cyclic esters (lactones) is 1. The van der Waals surface area contributed by atoms with Crippen LogP contribution >= 0.6 is 0 Å². The Hall–Kier alpha value is -2.16. The van der Waals surface area contributed by atoms with Crippen LogP contribution in [0.15, 0.2) is 34.7 Å². The van der Waals surface area contributed by atoms with Gasteiger partial charge in [0.2, 0.25) is 0 Å². The van der Waals surface area contributed by atoms with Gasteiger partial charge in [0, 0.05) is 28.1 Å². The van der Waals surface area contributed by atoms with E-state index in [1.54, 1.807) is 12.5 Å². The maximum absolute atomic E-state index is 13.4. The van der Waals surface area contributed by atoms with Gasteiger partial charge in [-0.15, -0.1) is 0 Å². The van der Waals surface area contributed by atoms with E-state index in [1.165, 1.54) is 0 Å². The van der Waals surface area contributed by atoms with E-state index in [4.69, 9.17) is 13.9 Å². The zero-order valence-corrected chi connectivity index (χ0v) is 24.8. The number of esters is 2. The van der Waals surface area contributed by atoms with E-state index in [9.17, 15) is 24.9 Å². The Morgan fingerprint density at radius 3 is 2.42 bits per heavy atom. The molecule has 1 aliphatic heterocycles. The molecule has 0 amide bonds. The van der Waals surface area contributed by atoms with Crippen molar-refractivity contribution in [3.8, 4) is 0 Å². The van der Waals surface area contributed by atoms with Crippen molar-refractivity contribution in [3.05, 3.63) is 35.8 Å². The molecule has 3 aliphatic carbocycles. The van der Waals surface area contributed by atoms with Gasteiger partial charge in [0.15, 0.2) is 6.10 Å². The van der Waals surface area contributed by atoms with Crippen LogP contribution in [0.5, 0.6) is 0 Å². The van der Waals surface area contributed by atoms with Crippen molar-refractivity contribution in [1.29, 1.82) is 0 Å². The van der Waals surface area contributed by atoms with Gasteiger partial charge < -0.3 is 29.2 Å². The number of allylic oxidation sites excluding steroid dienone is 1. The molecule has 222 valence electrons. The van der Waals surface area contributed by atoms with E-state index < -0.39 is 58.2 Å². The highest BCUT2D eigenvalue weighted by molar-refractivity contribution is 5.75. The lowest BCUT2D eigenvalue weighted by Gasteiger charge is -2.67. The topological polar surface area (TPSA) is 126 Å². The fourth-order valence-corrected chi connectivity index (χ4v) is 9.33. The van der Waals surface area contributed by atoms with Crippen molar-refractivity contribution in [2.45, 2.75) is 117 Å². The predicted molar refractivity (Wildman–Crippen MR) is 147 cm³/mol. The Bertz CT molecular complexity index is 1170. The van der Waals surface area contributed by atoms with Crippen LogP contribution in [0.4, 0.5) is 0 Å². The molecule has 4 aliphatic rings. The second-order valence-corrected chi connectivity index (χ2v) is 14.0. The van der Waals surface area contributed by atoms with Crippen molar-refractivity contribution < 1.29 is 38.8 Å². The zero-order valence-electron chi connectivity index (χ0n) is 24.8. The highest BCUT2D eigenvalue weighted by Gasteiger charge is 2.72. The molecule has 11 atom stereocenters. The minimum absolute atomic E-state index is 0.0595. The van der Waals surface area contributed by atoms with E-state index in [0.717, 1.165) is 11.1 Å². The molecule has 1 saturated heterocycles. The molecule has 0 bridgehead atoms. The first kappa shape index (κ1) is 29.3. The van der Waals surface area contributed by atoms with E-state index >= 15 is 0 Å². The quantitative estimate of drug-likeness (QED) is 0.356. The van der Waals surface area contributed by atoms with E-state index in [1.807, 2.05) is 40.7 Å². The molecule has 40 heavy (non-hydrogen) atoms. The molecule has 1 aromatic rings. The van der Waals surface area contributed by atoms with Gasteiger partial charge in [-0.3, -0.25) is 4.79 Å². The summed E-state index contributed by atoms with van der Waals surface area (Å²) in [5.41, 5.74) is -1.16. The van der Waals surface area contributed by atoms with Crippen molar-refractivity contribution >= 4 is 11.9 Å². The van der Waals surface area contributed by atoms with Gasteiger partial charge in [0.25, 0.3) is 0 Å². The summed E-state index contributed by atoms with van der Waals surface area (Å²) in [7, 11) is 0. The Morgan fingerprint density at radius 2 is 1.80 bits per heavy atom.